The van der Waals surface area contributed by atoms with Gasteiger partial charge >= 0.3 is 6.03 Å². The number of carbonyl (C=O) groups is 2. The predicted octanol–water partition coefficient (Wildman–Crippen LogP) is 4.90. The quantitative estimate of drug-likeness (QED) is 0.456. The summed E-state index contributed by atoms with van der Waals surface area (Å²) in [7, 11) is 0. The molecule has 0 saturated carbocycles. The van der Waals surface area contributed by atoms with Crippen molar-refractivity contribution in [2.45, 2.75) is 51.9 Å². The van der Waals surface area contributed by atoms with E-state index in [2.05, 4.69) is 23.1 Å². The number of anilines is 1. The van der Waals surface area contributed by atoms with Crippen LogP contribution >= 0.6 is 23.2 Å². The zero-order valence-corrected chi connectivity index (χ0v) is 14.8. The van der Waals surface area contributed by atoms with Crippen molar-refractivity contribution >= 4 is 40.8 Å². The van der Waals surface area contributed by atoms with Crippen LogP contribution in [0.3, 0.4) is 0 Å². The molecule has 0 bridgehead atoms. The Labute approximate surface area is 147 Å². The van der Waals surface area contributed by atoms with Crippen molar-refractivity contribution in [2.24, 2.45) is 0 Å². The minimum absolute atomic E-state index is 0.204. The molecule has 0 heterocycles. The van der Waals surface area contributed by atoms with E-state index in [-0.39, 0.29) is 5.91 Å². The fraction of sp³-hybridized carbons (Fsp3) is 0.500. The first-order valence-electron chi connectivity index (χ1n) is 7.83. The number of halogens is 2. The van der Waals surface area contributed by atoms with Crippen molar-refractivity contribution in [1.82, 2.24) is 10.9 Å². The zero-order chi connectivity index (χ0) is 17.1. The summed E-state index contributed by atoms with van der Waals surface area (Å²) >= 11 is 11.6. The van der Waals surface area contributed by atoms with E-state index in [0.717, 1.165) is 19.3 Å². The van der Waals surface area contributed by atoms with Crippen LogP contribution in [-0.2, 0) is 4.79 Å². The maximum Gasteiger partial charge on any atom is 0.337 e. The van der Waals surface area contributed by atoms with Gasteiger partial charge in [0.05, 0.1) is 10.0 Å². The average Bonchev–Trinajstić information content (AvgIpc) is 2.52. The smallest absolute Gasteiger partial charge is 0.307 e. The molecular weight excluding hydrogens is 337 g/mol. The fourth-order valence-corrected chi connectivity index (χ4v) is 2.29. The van der Waals surface area contributed by atoms with Crippen LogP contribution in [0.5, 0.6) is 0 Å². The van der Waals surface area contributed by atoms with Gasteiger partial charge in [-0.2, -0.15) is 0 Å². The number of hydrogen-bond donors (Lipinski definition) is 3. The lowest BCUT2D eigenvalue weighted by Crippen LogP contribution is -2.43. The Morgan fingerprint density at radius 1 is 0.957 bits per heavy atom. The number of rotatable bonds is 8. The highest BCUT2D eigenvalue weighted by Crippen LogP contribution is 2.24. The number of hydrogen-bond acceptors (Lipinski definition) is 2. The van der Waals surface area contributed by atoms with Gasteiger partial charge < -0.3 is 5.32 Å². The fourth-order valence-electron chi connectivity index (χ4n) is 1.99. The molecule has 5 nitrogen and oxygen atoms in total. The van der Waals surface area contributed by atoms with Gasteiger partial charge in [0.1, 0.15) is 0 Å². The predicted molar refractivity (Wildman–Crippen MR) is 94.8 cm³/mol. The molecule has 1 aromatic carbocycles. The summed E-state index contributed by atoms with van der Waals surface area (Å²) < 4.78 is 0. The van der Waals surface area contributed by atoms with Crippen LogP contribution in [-0.4, -0.2) is 11.9 Å². The molecular formula is C16H23Cl2N3O2. The molecule has 3 amide bonds. The van der Waals surface area contributed by atoms with E-state index in [0.29, 0.717) is 22.2 Å². The molecule has 0 saturated heterocycles. The molecule has 0 aromatic heterocycles. The number of nitrogens with one attached hydrogen (secondary N) is 3. The van der Waals surface area contributed by atoms with E-state index < -0.39 is 6.03 Å². The van der Waals surface area contributed by atoms with Crippen LogP contribution in [0.4, 0.5) is 10.5 Å². The largest absolute Gasteiger partial charge is 0.337 e. The van der Waals surface area contributed by atoms with E-state index in [9.17, 15) is 9.59 Å². The third-order valence-electron chi connectivity index (χ3n) is 3.25. The summed E-state index contributed by atoms with van der Waals surface area (Å²) in [6.45, 7) is 2.17. The van der Waals surface area contributed by atoms with E-state index in [1.165, 1.54) is 25.3 Å². The molecule has 3 N–H and O–H groups in total. The van der Waals surface area contributed by atoms with Crippen molar-refractivity contribution in [2.75, 3.05) is 5.32 Å². The van der Waals surface area contributed by atoms with Gasteiger partial charge in [0, 0.05) is 12.1 Å². The summed E-state index contributed by atoms with van der Waals surface area (Å²) in [5, 5.41) is 3.30. The van der Waals surface area contributed by atoms with Crippen molar-refractivity contribution < 1.29 is 9.59 Å². The molecule has 0 aliphatic carbocycles. The highest BCUT2D eigenvalue weighted by molar-refractivity contribution is 6.42. The standard InChI is InChI=1S/C16H23Cl2N3O2/c1-2-3-4-5-6-7-8-15(22)20-21-16(23)19-12-9-10-13(17)14(18)11-12/h9-11H,2-8H2,1H3,(H,20,22)(H2,19,21,23). The summed E-state index contributed by atoms with van der Waals surface area (Å²) in [4.78, 5) is 23.2. The third kappa shape index (κ3) is 8.67. The van der Waals surface area contributed by atoms with E-state index in [4.69, 9.17) is 23.2 Å². The monoisotopic (exact) mass is 359 g/mol. The molecule has 0 spiro atoms. The lowest BCUT2D eigenvalue weighted by molar-refractivity contribution is -0.121. The highest BCUT2D eigenvalue weighted by atomic mass is 35.5. The molecule has 1 aromatic rings. The maximum atomic E-state index is 11.6. The molecule has 0 radical (unpaired) electrons. The summed E-state index contributed by atoms with van der Waals surface area (Å²) in [5.41, 5.74) is 5.16. The Hall–Kier alpha value is -1.46. The maximum absolute atomic E-state index is 11.6. The van der Waals surface area contributed by atoms with Gasteiger partial charge in [0.25, 0.3) is 0 Å². The number of unbranched alkanes of at least 4 members (excludes halogenated alkanes) is 5. The van der Waals surface area contributed by atoms with Crippen LogP contribution < -0.4 is 16.2 Å². The topological polar surface area (TPSA) is 70.2 Å². The van der Waals surface area contributed by atoms with Gasteiger partial charge in [-0.1, -0.05) is 62.2 Å². The average molecular weight is 360 g/mol. The minimum atomic E-state index is -0.542. The highest BCUT2D eigenvalue weighted by Gasteiger charge is 2.06. The Morgan fingerprint density at radius 3 is 2.35 bits per heavy atom. The summed E-state index contributed by atoms with van der Waals surface area (Å²) in [6.07, 6.45) is 7.06. The van der Waals surface area contributed by atoms with Crippen LogP contribution in [0.1, 0.15) is 51.9 Å². The Kier molecular flexibility index (Phi) is 9.48. The first-order chi connectivity index (χ1) is 11.0. The summed E-state index contributed by atoms with van der Waals surface area (Å²) in [5.74, 6) is -0.204. The third-order valence-corrected chi connectivity index (χ3v) is 3.99. The molecule has 0 atom stereocenters. The SMILES string of the molecule is CCCCCCCCC(=O)NNC(=O)Nc1ccc(Cl)c(Cl)c1. The number of urea groups is 1. The van der Waals surface area contributed by atoms with Crippen LogP contribution in [0.25, 0.3) is 0 Å². The van der Waals surface area contributed by atoms with Gasteiger partial charge in [-0.3, -0.25) is 10.2 Å². The van der Waals surface area contributed by atoms with E-state index in [1.54, 1.807) is 12.1 Å². The number of carbonyl (C=O) groups excluding carboxylic acids is 2. The number of benzene rings is 1. The molecule has 0 aliphatic rings. The van der Waals surface area contributed by atoms with Crippen LogP contribution in [0, 0.1) is 0 Å². The lowest BCUT2D eigenvalue weighted by Gasteiger charge is -2.09. The molecule has 1 rings (SSSR count). The van der Waals surface area contributed by atoms with Crippen molar-refractivity contribution in [3.63, 3.8) is 0 Å². The first kappa shape index (κ1) is 19.6. The Balaban J connectivity index is 2.17. The lowest BCUT2D eigenvalue weighted by atomic mass is 10.1. The Bertz CT molecular complexity index is 524. The molecule has 128 valence electrons. The van der Waals surface area contributed by atoms with Gasteiger partial charge in [0.15, 0.2) is 0 Å². The first-order valence-corrected chi connectivity index (χ1v) is 8.59. The molecule has 0 aliphatic heterocycles. The van der Waals surface area contributed by atoms with Crippen molar-refractivity contribution in [3.05, 3.63) is 28.2 Å². The van der Waals surface area contributed by atoms with Gasteiger partial charge in [-0.05, 0) is 24.6 Å². The molecule has 7 heteroatoms. The van der Waals surface area contributed by atoms with Gasteiger partial charge in [-0.25, -0.2) is 10.2 Å². The van der Waals surface area contributed by atoms with Gasteiger partial charge in [-0.15, -0.1) is 0 Å². The second-order valence-corrected chi connectivity index (χ2v) is 6.09. The van der Waals surface area contributed by atoms with Crippen molar-refractivity contribution in [1.29, 1.82) is 0 Å². The Morgan fingerprint density at radius 2 is 1.65 bits per heavy atom. The van der Waals surface area contributed by atoms with E-state index >= 15 is 0 Å². The minimum Gasteiger partial charge on any atom is -0.307 e. The number of amides is 3. The van der Waals surface area contributed by atoms with Crippen molar-refractivity contribution in [3.8, 4) is 0 Å². The van der Waals surface area contributed by atoms with Gasteiger partial charge in [0.2, 0.25) is 5.91 Å². The molecule has 23 heavy (non-hydrogen) atoms. The van der Waals surface area contributed by atoms with E-state index in [1.807, 2.05) is 0 Å². The van der Waals surface area contributed by atoms with Crippen LogP contribution in [0.2, 0.25) is 10.0 Å². The molecule has 0 unspecified atom stereocenters. The number of hydrazine groups is 1. The molecule has 0 fully saturated rings. The second-order valence-electron chi connectivity index (χ2n) is 5.27. The van der Waals surface area contributed by atoms with Crippen LogP contribution in [0.15, 0.2) is 18.2 Å². The normalized spacial score (nSPS) is 10.2. The zero-order valence-electron chi connectivity index (χ0n) is 13.3. The summed E-state index contributed by atoms with van der Waals surface area (Å²) in [6, 6.07) is 4.18. The second kappa shape index (κ2) is 11.1.